The second-order valence-corrected chi connectivity index (χ2v) is 4.84. The van der Waals surface area contributed by atoms with Crippen LogP contribution in [0.2, 0.25) is 0 Å². The number of carbonyl (C=O) groups is 1. The summed E-state index contributed by atoms with van der Waals surface area (Å²) in [4.78, 5) is 15.3. The van der Waals surface area contributed by atoms with E-state index in [4.69, 9.17) is 4.42 Å². The number of hydrogen-bond donors (Lipinski definition) is 1. The quantitative estimate of drug-likeness (QED) is 0.284. The number of furan rings is 1. The summed E-state index contributed by atoms with van der Waals surface area (Å²) in [7, 11) is -4.64. The Balaban J connectivity index is 0.00000220. The molecule has 10 heteroatoms. The van der Waals surface area contributed by atoms with Crippen molar-refractivity contribution in [2.75, 3.05) is 0 Å². The average Bonchev–Trinajstić information content (AvgIpc) is 2.88. The third-order valence-corrected chi connectivity index (χ3v) is 2.82. The molecular formula is C11H8N3NaO5S. The van der Waals surface area contributed by atoms with E-state index >= 15 is 0 Å². The van der Waals surface area contributed by atoms with Crippen LogP contribution in [-0.4, -0.2) is 30.1 Å². The second kappa shape index (κ2) is 7.48. The van der Waals surface area contributed by atoms with Gasteiger partial charge in [-0.3, -0.25) is 9.78 Å². The van der Waals surface area contributed by atoms with Gasteiger partial charge in [-0.25, -0.2) is 13.8 Å². The molecule has 0 fully saturated rings. The maximum Gasteiger partial charge on any atom is 1.00 e. The molecule has 104 valence electrons. The first-order valence-electron chi connectivity index (χ1n) is 5.27. The number of amides is 1. The fourth-order valence-corrected chi connectivity index (χ4v) is 1.68. The van der Waals surface area contributed by atoms with Crippen LogP contribution in [0.25, 0.3) is 0 Å². The molecule has 0 aromatic carbocycles. The largest absolute Gasteiger partial charge is 1.00 e. The van der Waals surface area contributed by atoms with Crippen LogP contribution < -0.4 is 35.0 Å². The molecule has 0 unspecified atom stereocenters. The summed E-state index contributed by atoms with van der Waals surface area (Å²) in [6.45, 7) is 0. The molecule has 0 aliphatic heterocycles. The number of nitrogens with zero attached hydrogens (tertiary/aromatic N) is 2. The molecule has 1 amide bonds. The molecule has 0 radical (unpaired) electrons. The maximum atomic E-state index is 11.5. The molecule has 0 saturated carbocycles. The first-order chi connectivity index (χ1) is 9.47. The summed E-state index contributed by atoms with van der Waals surface area (Å²) in [5.41, 5.74) is 2.35. The Morgan fingerprint density at radius 1 is 1.33 bits per heavy atom. The fourth-order valence-electron chi connectivity index (χ4n) is 1.25. The van der Waals surface area contributed by atoms with Gasteiger partial charge in [0, 0.05) is 6.20 Å². The van der Waals surface area contributed by atoms with Crippen molar-refractivity contribution in [3.05, 3.63) is 48.0 Å². The number of hydrazone groups is 1. The van der Waals surface area contributed by atoms with Crippen molar-refractivity contribution in [1.29, 1.82) is 0 Å². The van der Waals surface area contributed by atoms with Crippen LogP contribution in [0.5, 0.6) is 0 Å². The van der Waals surface area contributed by atoms with Gasteiger partial charge in [0.05, 0.1) is 6.21 Å². The van der Waals surface area contributed by atoms with Gasteiger partial charge in [0.25, 0.3) is 5.91 Å². The number of carbonyl (C=O) groups excluding carboxylic acids is 1. The van der Waals surface area contributed by atoms with Crippen molar-refractivity contribution < 1.29 is 51.7 Å². The van der Waals surface area contributed by atoms with Crippen molar-refractivity contribution in [1.82, 2.24) is 10.4 Å². The standard InChI is InChI=1S/C11H9N3O5S.Na/c15-11(9-3-1-2-6-12-9)14-13-7-8-4-5-10(19-8)20(16,17)18;/h1-7H,(H,14,15)(H,16,17,18);/q;+1/p-1/b13-7+;. The summed E-state index contributed by atoms with van der Waals surface area (Å²) < 4.78 is 36.6. The number of hydrogen-bond acceptors (Lipinski definition) is 7. The van der Waals surface area contributed by atoms with Gasteiger partial charge in [-0.05, 0) is 24.3 Å². The zero-order valence-electron chi connectivity index (χ0n) is 10.9. The monoisotopic (exact) mass is 317 g/mol. The molecule has 2 rings (SSSR count). The fraction of sp³-hybridized carbons (Fsp3) is 0. The predicted octanol–water partition coefficient (Wildman–Crippen LogP) is -2.65. The molecule has 0 atom stereocenters. The van der Waals surface area contributed by atoms with E-state index in [1.54, 1.807) is 12.1 Å². The van der Waals surface area contributed by atoms with Crippen molar-refractivity contribution in [3.8, 4) is 0 Å². The van der Waals surface area contributed by atoms with Crippen LogP contribution >= 0.6 is 0 Å². The smallest absolute Gasteiger partial charge is 0.742 e. The molecule has 0 aliphatic carbocycles. The molecule has 0 aliphatic rings. The van der Waals surface area contributed by atoms with E-state index in [-0.39, 0.29) is 41.0 Å². The predicted molar refractivity (Wildman–Crippen MR) is 66.0 cm³/mol. The van der Waals surface area contributed by atoms with Crippen LogP contribution in [0.1, 0.15) is 16.2 Å². The Kier molecular flexibility index (Phi) is 6.24. The van der Waals surface area contributed by atoms with Gasteiger partial charge in [-0.15, -0.1) is 0 Å². The van der Waals surface area contributed by atoms with Crippen molar-refractivity contribution >= 4 is 22.2 Å². The van der Waals surface area contributed by atoms with Crippen LogP contribution in [-0.2, 0) is 10.1 Å². The maximum absolute atomic E-state index is 11.5. The Hall–Kier alpha value is -1.52. The molecule has 2 aromatic heterocycles. The Morgan fingerprint density at radius 2 is 2.10 bits per heavy atom. The van der Waals surface area contributed by atoms with Gasteiger partial charge < -0.3 is 8.97 Å². The van der Waals surface area contributed by atoms with Crippen molar-refractivity contribution in [2.45, 2.75) is 5.09 Å². The zero-order chi connectivity index (χ0) is 14.6. The summed E-state index contributed by atoms with van der Waals surface area (Å²) in [5.74, 6) is -0.522. The zero-order valence-corrected chi connectivity index (χ0v) is 13.7. The van der Waals surface area contributed by atoms with E-state index < -0.39 is 21.1 Å². The Morgan fingerprint density at radius 3 is 2.67 bits per heavy atom. The number of nitrogens with one attached hydrogen (secondary N) is 1. The summed E-state index contributed by atoms with van der Waals surface area (Å²) in [6, 6.07) is 7.04. The third kappa shape index (κ3) is 5.06. The molecule has 0 saturated heterocycles. The first kappa shape index (κ1) is 17.5. The molecule has 0 bridgehead atoms. The van der Waals surface area contributed by atoms with Gasteiger partial charge in [0.1, 0.15) is 11.5 Å². The molecule has 21 heavy (non-hydrogen) atoms. The van der Waals surface area contributed by atoms with Crippen LogP contribution in [0.4, 0.5) is 0 Å². The average molecular weight is 317 g/mol. The summed E-state index contributed by atoms with van der Waals surface area (Å²) in [5, 5.41) is 2.85. The van der Waals surface area contributed by atoms with E-state index in [0.717, 1.165) is 12.3 Å². The normalized spacial score (nSPS) is 11.1. The first-order valence-corrected chi connectivity index (χ1v) is 6.68. The Bertz CT molecular complexity index is 742. The van der Waals surface area contributed by atoms with E-state index in [2.05, 4.69) is 15.5 Å². The van der Waals surface area contributed by atoms with Crippen molar-refractivity contribution in [3.63, 3.8) is 0 Å². The van der Waals surface area contributed by atoms with E-state index in [9.17, 15) is 17.8 Å². The molecule has 2 aromatic rings. The van der Waals surface area contributed by atoms with Crippen LogP contribution in [0.15, 0.2) is 51.1 Å². The van der Waals surface area contributed by atoms with E-state index in [1.807, 2.05) is 0 Å². The minimum absolute atomic E-state index is 0. The number of rotatable bonds is 4. The second-order valence-electron chi connectivity index (χ2n) is 3.53. The topological polar surface area (TPSA) is 125 Å². The molecule has 1 N–H and O–H groups in total. The van der Waals surface area contributed by atoms with E-state index in [1.165, 1.54) is 18.3 Å². The molecule has 8 nitrogen and oxygen atoms in total. The molecule has 0 spiro atoms. The van der Waals surface area contributed by atoms with Gasteiger partial charge in [0.15, 0.2) is 10.1 Å². The van der Waals surface area contributed by atoms with Gasteiger partial charge >= 0.3 is 29.6 Å². The SMILES string of the molecule is O=C(N/N=C/c1ccc(S(=O)(=O)[O-])o1)c1ccccn1.[Na+]. The van der Waals surface area contributed by atoms with Gasteiger partial charge in [-0.1, -0.05) is 6.07 Å². The Labute approximate surface area is 142 Å². The van der Waals surface area contributed by atoms with Crippen LogP contribution in [0.3, 0.4) is 0 Å². The summed E-state index contributed by atoms with van der Waals surface area (Å²) >= 11 is 0. The third-order valence-electron chi connectivity index (χ3n) is 2.10. The van der Waals surface area contributed by atoms with Crippen LogP contribution in [0, 0.1) is 0 Å². The number of aromatic nitrogens is 1. The number of pyridine rings is 1. The van der Waals surface area contributed by atoms with Crippen molar-refractivity contribution in [2.24, 2.45) is 5.10 Å². The van der Waals surface area contributed by atoms with E-state index in [0.29, 0.717) is 0 Å². The molecular weight excluding hydrogens is 309 g/mol. The van der Waals surface area contributed by atoms with Gasteiger partial charge in [0.2, 0.25) is 5.09 Å². The van der Waals surface area contributed by atoms with Gasteiger partial charge in [-0.2, -0.15) is 5.10 Å². The minimum Gasteiger partial charge on any atom is -0.742 e. The molecule has 2 heterocycles. The summed E-state index contributed by atoms with van der Waals surface area (Å²) in [6.07, 6.45) is 2.52. The minimum atomic E-state index is -4.64.